The molecular formula is C20H27NO3. The smallest absolute Gasteiger partial charge is 0.326 e. The Morgan fingerprint density at radius 3 is 2.08 bits per heavy atom. The number of hydrogen-bond donors (Lipinski definition) is 2. The number of rotatable bonds is 6. The van der Waals surface area contributed by atoms with Crippen LogP contribution in [0.5, 0.6) is 0 Å². The maximum atomic E-state index is 12.1. The van der Waals surface area contributed by atoms with Gasteiger partial charge in [-0.15, -0.1) is 0 Å². The second kappa shape index (κ2) is 11.4. The molecule has 0 heterocycles. The van der Waals surface area contributed by atoms with E-state index in [0.29, 0.717) is 6.54 Å². The van der Waals surface area contributed by atoms with Crippen LogP contribution in [0, 0.1) is 0 Å². The Morgan fingerprint density at radius 1 is 1.00 bits per heavy atom. The zero-order valence-corrected chi connectivity index (χ0v) is 14.6. The van der Waals surface area contributed by atoms with Gasteiger partial charge in [0.2, 0.25) is 0 Å². The standard InChI is InChI=1S/C20H27NO3/c1-16(2)24-20(23)19(17(3)22)21-15-18-13-11-9-7-5-4-6-8-10-12-14-18/h4-14,16-17,19,21-22H,15H2,1-3H3/b5-4-,6-4?,7-5?,8-6-,9-7-,10-8?,11-9?,12-10-,13-11-,14-12?,18-13?,18-14+. The molecule has 0 amide bonds. The van der Waals surface area contributed by atoms with Gasteiger partial charge in [0, 0.05) is 6.54 Å². The molecule has 1 aliphatic carbocycles. The Labute approximate surface area is 144 Å². The minimum Gasteiger partial charge on any atom is -0.462 e. The number of aliphatic hydroxyl groups is 1. The van der Waals surface area contributed by atoms with Crippen molar-refractivity contribution >= 4 is 5.97 Å². The van der Waals surface area contributed by atoms with E-state index in [1.165, 1.54) is 0 Å². The number of ether oxygens (including phenoxy) is 1. The van der Waals surface area contributed by atoms with E-state index in [0.717, 1.165) is 5.57 Å². The summed E-state index contributed by atoms with van der Waals surface area (Å²) in [6.07, 6.45) is 20.3. The number of hydrogen-bond acceptors (Lipinski definition) is 4. The molecule has 0 radical (unpaired) electrons. The lowest BCUT2D eigenvalue weighted by molar-refractivity contribution is -0.152. The Kier molecular flexibility index (Phi) is 9.42. The van der Waals surface area contributed by atoms with Gasteiger partial charge in [0.05, 0.1) is 12.2 Å². The Balaban J connectivity index is 2.77. The zero-order valence-electron chi connectivity index (χ0n) is 14.6. The normalized spacial score (nSPS) is 26.0. The molecule has 2 N–H and O–H groups in total. The van der Waals surface area contributed by atoms with Gasteiger partial charge in [0.15, 0.2) is 0 Å². The summed E-state index contributed by atoms with van der Waals surface area (Å²) in [5.74, 6) is -0.443. The molecule has 0 aromatic rings. The summed E-state index contributed by atoms with van der Waals surface area (Å²) in [5, 5.41) is 12.9. The van der Waals surface area contributed by atoms with Gasteiger partial charge in [0.25, 0.3) is 0 Å². The van der Waals surface area contributed by atoms with Gasteiger partial charge in [0.1, 0.15) is 6.04 Å². The van der Waals surface area contributed by atoms with Crippen molar-refractivity contribution in [3.63, 3.8) is 0 Å². The fourth-order valence-corrected chi connectivity index (χ4v) is 1.97. The van der Waals surface area contributed by atoms with E-state index < -0.39 is 18.1 Å². The lowest BCUT2D eigenvalue weighted by Crippen LogP contribution is -2.47. The largest absolute Gasteiger partial charge is 0.462 e. The van der Waals surface area contributed by atoms with Gasteiger partial charge >= 0.3 is 5.97 Å². The third-order valence-electron chi connectivity index (χ3n) is 3.12. The topological polar surface area (TPSA) is 58.6 Å². The SMILES string of the molecule is CC(C)OC(=O)C(NCC1=C/C=C\C=C/C=C\C=C/C=C\1)C(C)O. The van der Waals surface area contributed by atoms with Crippen molar-refractivity contribution in [3.05, 3.63) is 72.4 Å². The maximum absolute atomic E-state index is 12.1. The second-order valence-electron chi connectivity index (χ2n) is 5.73. The molecule has 0 saturated heterocycles. The number of nitrogens with one attached hydrogen (secondary N) is 1. The molecule has 2 unspecified atom stereocenters. The third-order valence-corrected chi connectivity index (χ3v) is 3.12. The first-order chi connectivity index (χ1) is 11.5. The molecule has 1 aliphatic rings. The number of esters is 1. The van der Waals surface area contributed by atoms with Crippen LogP contribution in [0.1, 0.15) is 20.8 Å². The van der Waals surface area contributed by atoms with Crippen LogP contribution in [0.3, 0.4) is 0 Å². The van der Waals surface area contributed by atoms with E-state index in [9.17, 15) is 9.90 Å². The fraction of sp³-hybridized carbons (Fsp3) is 0.350. The highest BCUT2D eigenvalue weighted by Crippen LogP contribution is 2.04. The minimum absolute atomic E-state index is 0.214. The molecule has 0 spiro atoms. The van der Waals surface area contributed by atoms with E-state index >= 15 is 0 Å². The zero-order chi connectivity index (χ0) is 17.8. The molecule has 1 rings (SSSR count). The molecular weight excluding hydrogens is 302 g/mol. The summed E-state index contributed by atoms with van der Waals surface area (Å²) in [5.41, 5.74) is 0.983. The van der Waals surface area contributed by atoms with Gasteiger partial charge < -0.3 is 9.84 Å². The highest BCUT2D eigenvalue weighted by atomic mass is 16.5. The van der Waals surface area contributed by atoms with Gasteiger partial charge in [-0.3, -0.25) is 10.1 Å². The predicted molar refractivity (Wildman–Crippen MR) is 98.5 cm³/mol. The Hall–Kier alpha value is -2.17. The van der Waals surface area contributed by atoms with Gasteiger partial charge in [-0.05, 0) is 26.3 Å². The van der Waals surface area contributed by atoms with Crippen molar-refractivity contribution in [1.82, 2.24) is 5.32 Å². The van der Waals surface area contributed by atoms with E-state index in [2.05, 4.69) is 5.32 Å². The van der Waals surface area contributed by atoms with Crippen molar-refractivity contribution in [2.24, 2.45) is 0 Å². The quantitative estimate of drug-likeness (QED) is 0.736. The summed E-state index contributed by atoms with van der Waals surface area (Å²) < 4.78 is 5.18. The lowest BCUT2D eigenvalue weighted by atomic mass is 10.1. The first-order valence-corrected chi connectivity index (χ1v) is 8.16. The van der Waals surface area contributed by atoms with Crippen LogP contribution in [0.4, 0.5) is 0 Å². The van der Waals surface area contributed by atoms with E-state index in [4.69, 9.17) is 4.74 Å². The molecule has 0 saturated carbocycles. The van der Waals surface area contributed by atoms with Crippen LogP contribution in [0.15, 0.2) is 72.4 Å². The molecule has 24 heavy (non-hydrogen) atoms. The number of carbonyl (C=O) groups excluding carboxylic acids is 1. The average molecular weight is 329 g/mol. The molecule has 0 aromatic carbocycles. The molecule has 0 fully saturated rings. The van der Waals surface area contributed by atoms with Crippen LogP contribution >= 0.6 is 0 Å². The number of carbonyl (C=O) groups is 1. The third kappa shape index (κ3) is 8.46. The summed E-state index contributed by atoms with van der Waals surface area (Å²) in [6, 6.07) is -0.759. The first kappa shape index (κ1) is 19.9. The summed E-state index contributed by atoms with van der Waals surface area (Å²) in [6.45, 7) is 5.59. The maximum Gasteiger partial charge on any atom is 0.326 e. The molecule has 4 heteroatoms. The summed E-state index contributed by atoms with van der Waals surface area (Å²) >= 11 is 0. The fourth-order valence-electron chi connectivity index (χ4n) is 1.97. The minimum atomic E-state index is -0.837. The van der Waals surface area contributed by atoms with Crippen molar-refractivity contribution in [2.45, 2.75) is 39.0 Å². The van der Waals surface area contributed by atoms with Crippen LogP contribution in [-0.2, 0) is 9.53 Å². The van der Waals surface area contributed by atoms with E-state index in [1.807, 2.05) is 66.8 Å². The van der Waals surface area contributed by atoms with Crippen LogP contribution in [0.25, 0.3) is 0 Å². The number of allylic oxidation sites excluding steroid dienone is 10. The van der Waals surface area contributed by atoms with Crippen molar-refractivity contribution < 1.29 is 14.6 Å². The van der Waals surface area contributed by atoms with Crippen LogP contribution in [-0.4, -0.2) is 35.9 Å². The van der Waals surface area contributed by atoms with Crippen molar-refractivity contribution in [3.8, 4) is 0 Å². The Morgan fingerprint density at radius 2 is 1.54 bits per heavy atom. The lowest BCUT2D eigenvalue weighted by Gasteiger charge is -2.21. The monoisotopic (exact) mass is 329 g/mol. The molecule has 130 valence electrons. The highest BCUT2D eigenvalue weighted by molar-refractivity contribution is 5.76. The molecule has 0 bridgehead atoms. The second-order valence-corrected chi connectivity index (χ2v) is 5.73. The summed E-state index contributed by atoms with van der Waals surface area (Å²) in [7, 11) is 0. The number of aliphatic hydroxyl groups excluding tert-OH is 1. The highest BCUT2D eigenvalue weighted by Gasteiger charge is 2.25. The van der Waals surface area contributed by atoms with Crippen LogP contribution < -0.4 is 5.32 Å². The van der Waals surface area contributed by atoms with Gasteiger partial charge in [-0.1, -0.05) is 66.8 Å². The predicted octanol–water partition coefficient (Wildman–Crippen LogP) is 3.00. The van der Waals surface area contributed by atoms with Crippen molar-refractivity contribution in [2.75, 3.05) is 6.54 Å². The molecule has 0 aliphatic heterocycles. The van der Waals surface area contributed by atoms with Crippen molar-refractivity contribution in [1.29, 1.82) is 0 Å². The molecule has 0 aromatic heterocycles. The van der Waals surface area contributed by atoms with E-state index in [1.54, 1.807) is 20.8 Å². The first-order valence-electron chi connectivity index (χ1n) is 8.16. The van der Waals surface area contributed by atoms with Crippen LogP contribution in [0.2, 0.25) is 0 Å². The van der Waals surface area contributed by atoms with E-state index in [-0.39, 0.29) is 6.10 Å². The van der Waals surface area contributed by atoms with Gasteiger partial charge in [-0.25, -0.2) is 0 Å². The Bertz CT molecular complexity index is 563. The molecule has 4 nitrogen and oxygen atoms in total. The van der Waals surface area contributed by atoms with Gasteiger partial charge in [-0.2, -0.15) is 0 Å². The average Bonchev–Trinajstić information content (AvgIpc) is 2.48. The molecule has 2 atom stereocenters. The summed E-state index contributed by atoms with van der Waals surface area (Å²) in [4.78, 5) is 12.1.